The maximum atomic E-state index is 12.1. The molecule has 0 aliphatic rings. The molecule has 4 nitrogen and oxygen atoms in total. The molecular formula is C15H24BrN3O. The Kier molecular flexibility index (Phi) is 7.02. The summed E-state index contributed by atoms with van der Waals surface area (Å²) >= 11 is 3.42. The maximum absolute atomic E-state index is 12.1. The van der Waals surface area contributed by atoms with E-state index in [-0.39, 0.29) is 6.03 Å². The third-order valence-electron chi connectivity index (χ3n) is 3.14. The van der Waals surface area contributed by atoms with Crippen LogP contribution in [0.25, 0.3) is 0 Å². The molecule has 0 aliphatic carbocycles. The van der Waals surface area contributed by atoms with Gasteiger partial charge in [-0.25, -0.2) is 4.79 Å². The van der Waals surface area contributed by atoms with Gasteiger partial charge in [0.15, 0.2) is 0 Å². The summed E-state index contributed by atoms with van der Waals surface area (Å²) in [5, 5.41) is 2.95. The number of halogens is 1. The third-order valence-corrected chi connectivity index (χ3v) is 3.63. The molecule has 20 heavy (non-hydrogen) atoms. The van der Waals surface area contributed by atoms with E-state index in [0.717, 1.165) is 41.7 Å². The monoisotopic (exact) mass is 341 g/mol. The van der Waals surface area contributed by atoms with Gasteiger partial charge in [0, 0.05) is 23.8 Å². The molecule has 1 aromatic carbocycles. The summed E-state index contributed by atoms with van der Waals surface area (Å²) in [5.41, 5.74) is 1.91. The van der Waals surface area contributed by atoms with E-state index in [1.165, 1.54) is 0 Å². The fraction of sp³-hybridized carbons (Fsp3) is 0.533. The molecule has 112 valence electrons. The van der Waals surface area contributed by atoms with Crippen LogP contribution in [0.15, 0.2) is 22.7 Å². The lowest BCUT2D eigenvalue weighted by atomic mass is 10.2. The smallest absolute Gasteiger partial charge is 0.321 e. The quantitative estimate of drug-likeness (QED) is 0.803. The Bertz CT molecular complexity index is 449. The number of carbonyl (C=O) groups excluding carboxylic acids is 1. The van der Waals surface area contributed by atoms with E-state index in [9.17, 15) is 4.79 Å². The topological polar surface area (TPSA) is 35.6 Å². The van der Waals surface area contributed by atoms with Crippen molar-refractivity contribution in [3.8, 4) is 0 Å². The molecule has 0 aromatic heterocycles. The first-order valence-corrected chi connectivity index (χ1v) is 7.62. The first-order valence-electron chi connectivity index (χ1n) is 6.83. The molecule has 1 N–H and O–H groups in total. The highest BCUT2D eigenvalue weighted by molar-refractivity contribution is 9.10. The molecule has 0 fully saturated rings. The van der Waals surface area contributed by atoms with Crippen LogP contribution in [0, 0.1) is 6.92 Å². The highest BCUT2D eigenvalue weighted by atomic mass is 79.9. The standard InChI is InChI=1S/C15H24BrN3O/c1-12-7-8-13(16)11-14(12)17-15(20)19(4)10-6-5-9-18(2)3/h7-8,11H,5-6,9-10H2,1-4H3,(H,17,20). The van der Waals surface area contributed by atoms with Crippen molar-refractivity contribution in [3.63, 3.8) is 0 Å². The highest BCUT2D eigenvalue weighted by Gasteiger charge is 2.10. The summed E-state index contributed by atoms with van der Waals surface area (Å²) < 4.78 is 0.965. The number of nitrogens with one attached hydrogen (secondary N) is 1. The number of rotatable bonds is 6. The molecule has 0 radical (unpaired) electrons. The average molecular weight is 342 g/mol. The molecule has 0 atom stereocenters. The predicted octanol–water partition coefficient (Wildman–Crippen LogP) is 3.56. The molecular weight excluding hydrogens is 318 g/mol. The highest BCUT2D eigenvalue weighted by Crippen LogP contribution is 2.20. The lowest BCUT2D eigenvalue weighted by Gasteiger charge is -2.19. The van der Waals surface area contributed by atoms with Crippen LogP contribution in [0.4, 0.5) is 10.5 Å². The van der Waals surface area contributed by atoms with Crippen molar-refractivity contribution < 1.29 is 4.79 Å². The second-order valence-corrected chi connectivity index (χ2v) is 6.24. The third kappa shape index (κ3) is 5.92. The summed E-state index contributed by atoms with van der Waals surface area (Å²) in [7, 11) is 5.96. The first-order chi connectivity index (χ1) is 9.40. The molecule has 2 amide bonds. The van der Waals surface area contributed by atoms with Crippen molar-refractivity contribution in [2.24, 2.45) is 0 Å². The van der Waals surface area contributed by atoms with E-state index in [1.54, 1.807) is 4.90 Å². The average Bonchev–Trinajstić information content (AvgIpc) is 2.38. The number of amides is 2. The summed E-state index contributed by atoms with van der Waals surface area (Å²) in [6.07, 6.45) is 2.11. The van der Waals surface area contributed by atoms with Crippen molar-refractivity contribution in [2.45, 2.75) is 19.8 Å². The van der Waals surface area contributed by atoms with Crippen LogP contribution in [0.2, 0.25) is 0 Å². The van der Waals surface area contributed by atoms with Crippen LogP contribution < -0.4 is 5.32 Å². The van der Waals surface area contributed by atoms with Gasteiger partial charge < -0.3 is 15.1 Å². The second-order valence-electron chi connectivity index (χ2n) is 5.32. The molecule has 0 bridgehead atoms. The van der Waals surface area contributed by atoms with Gasteiger partial charge in [0.05, 0.1) is 0 Å². The molecule has 0 heterocycles. The number of benzene rings is 1. The van der Waals surface area contributed by atoms with Crippen molar-refractivity contribution >= 4 is 27.6 Å². The Morgan fingerprint density at radius 3 is 2.50 bits per heavy atom. The van der Waals surface area contributed by atoms with Gasteiger partial charge in [0.25, 0.3) is 0 Å². The number of hydrogen-bond donors (Lipinski definition) is 1. The van der Waals surface area contributed by atoms with Crippen LogP contribution in [-0.2, 0) is 0 Å². The normalized spacial score (nSPS) is 10.7. The van der Waals surface area contributed by atoms with E-state index in [2.05, 4.69) is 40.2 Å². The zero-order valence-corrected chi connectivity index (χ0v) is 14.3. The molecule has 0 saturated carbocycles. The van der Waals surface area contributed by atoms with E-state index in [1.807, 2.05) is 32.2 Å². The van der Waals surface area contributed by atoms with E-state index < -0.39 is 0 Å². The van der Waals surface area contributed by atoms with Gasteiger partial charge in [-0.3, -0.25) is 0 Å². The SMILES string of the molecule is Cc1ccc(Br)cc1NC(=O)N(C)CCCCN(C)C. The van der Waals surface area contributed by atoms with Crippen molar-refractivity contribution in [3.05, 3.63) is 28.2 Å². The Balaban J connectivity index is 2.43. The van der Waals surface area contributed by atoms with Crippen molar-refractivity contribution in [1.29, 1.82) is 0 Å². The van der Waals surface area contributed by atoms with Crippen LogP contribution in [0.5, 0.6) is 0 Å². The number of anilines is 1. The Hall–Kier alpha value is -1.07. The van der Waals surface area contributed by atoms with Gasteiger partial charge in [0.2, 0.25) is 0 Å². The Labute approximate surface area is 130 Å². The van der Waals surface area contributed by atoms with Crippen LogP contribution in [-0.4, -0.2) is 50.1 Å². The lowest BCUT2D eigenvalue weighted by molar-refractivity contribution is 0.221. The predicted molar refractivity (Wildman–Crippen MR) is 88.3 cm³/mol. The van der Waals surface area contributed by atoms with Crippen molar-refractivity contribution in [1.82, 2.24) is 9.80 Å². The van der Waals surface area contributed by atoms with Crippen LogP contribution >= 0.6 is 15.9 Å². The number of aryl methyl sites for hydroxylation is 1. The maximum Gasteiger partial charge on any atom is 0.321 e. The van der Waals surface area contributed by atoms with Gasteiger partial charge >= 0.3 is 6.03 Å². The molecule has 0 aliphatic heterocycles. The Morgan fingerprint density at radius 1 is 1.20 bits per heavy atom. The molecule has 1 rings (SSSR count). The van der Waals surface area contributed by atoms with Gasteiger partial charge in [-0.05, 0) is 58.1 Å². The minimum absolute atomic E-state index is 0.0592. The van der Waals surface area contributed by atoms with Crippen LogP contribution in [0.3, 0.4) is 0 Å². The molecule has 0 spiro atoms. The minimum Gasteiger partial charge on any atom is -0.328 e. The first kappa shape index (κ1) is 17.0. The fourth-order valence-corrected chi connectivity index (χ4v) is 2.18. The van der Waals surface area contributed by atoms with Crippen molar-refractivity contribution in [2.75, 3.05) is 39.5 Å². The summed E-state index contributed by atoms with van der Waals surface area (Å²) in [6.45, 7) is 3.81. The zero-order valence-electron chi connectivity index (χ0n) is 12.7. The Morgan fingerprint density at radius 2 is 1.85 bits per heavy atom. The number of urea groups is 1. The number of hydrogen-bond acceptors (Lipinski definition) is 2. The van der Waals surface area contributed by atoms with Gasteiger partial charge in [-0.15, -0.1) is 0 Å². The summed E-state index contributed by atoms with van der Waals surface area (Å²) in [6, 6.07) is 5.82. The summed E-state index contributed by atoms with van der Waals surface area (Å²) in [5.74, 6) is 0. The fourth-order valence-electron chi connectivity index (χ4n) is 1.82. The molecule has 0 saturated heterocycles. The van der Waals surface area contributed by atoms with Gasteiger partial charge in [0.1, 0.15) is 0 Å². The number of nitrogens with zero attached hydrogens (tertiary/aromatic N) is 2. The lowest BCUT2D eigenvalue weighted by Crippen LogP contribution is -2.32. The number of carbonyl (C=O) groups is 1. The van der Waals surface area contributed by atoms with Gasteiger partial charge in [-0.2, -0.15) is 0 Å². The largest absolute Gasteiger partial charge is 0.328 e. The number of unbranched alkanes of at least 4 members (excludes halogenated alkanes) is 1. The summed E-state index contributed by atoms with van der Waals surface area (Å²) in [4.78, 5) is 16.0. The molecule has 5 heteroatoms. The minimum atomic E-state index is -0.0592. The molecule has 0 unspecified atom stereocenters. The van der Waals surface area contributed by atoms with E-state index >= 15 is 0 Å². The van der Waals surface area contributed by atoms with E-state index in [4.69, 9.17) is 0 Å². The van der Waals surface area contributed by atoms with E-state index in [0.29, 0.717) is 0 Å². The van der Waals surface area contributed by atoms with Crippen LogP contribution in [0.1, 0.15) is 18.4 Å². The zero-order chi connectivity index (χ0) is 15.1. The second kappa shape index (κ2) is 8.27. The molecule has 1 aromatic rings. The van der Waals surface area contributed by atoms with Gasteiger partial charge in [-0.1, -0.05) is 22.0 Å².